The van der Waals surface area contributed by atoms with Gasteiger partial charge in [0.05, 0.1) is 10.7 Å². The third kappa shape index (κ3) is 4.47. The number of rotatable bonds is 6. The fraction of sp³-hybridized carbons (Fsp3) is 0.545. The number of hydrogen-bond donors (Lipinski definition) is 1. The highest BCUT2D eigenvalue weighted by Gasteiger charge is 2.16. The summed E-state index contributed by atoms with van der Waals surface area (Å²) in [4.78, 5) is 14.0. The molecule has 1 aromatic heterocycles. The van der Waals surface area contributed by atoms with Crippen LogP contribution in [-0.2, 0) is 9.84 Å². The molecule has 1 N–H and O–H groups in total. The predicted molar refractivity (Wildman–Crippen MR) is 73.0 cm³/mol. The van der Waals surface area contributed by atoms with Crippen molar-refractivity contribution in [3.63, 3.8) is 0 Å². The minimum atomic E-state index is -3.07. The molecular formula is C11H17N3O4S. The number of pyridine rings is 1. The molecule has 0 aromatic carbocycles. The van der Waals surface area contributed by atoms with Gasteiger partial charge in [-0.3, -0.25) is 10.1 Å². The van der Waals surface area contributed by atoms with Gasteiger partial charge in [-0.1, -0.05) is 6.92 Å². The Morgan fingerprint density at radius 1 is 1.53 bits per heavy atom. The van der Waals surface area contributed by atoms with Crippen LogP contribution in [0.25, 0.3) is 0 Å². The van der Waals surface area contributed by atoms with E-state index in [-0.39, 0.29) is 23.2 Å². The molecule has 1 rings (SSSR count). The smallest absolute Gasteiger partial charge is 0.287 e. The van der Waals surface area contributed by atoms with Crippen LogP contribution < -0.4 is 5.32 Å². The van der Waals surface area contributed by atoms with Crippen molar-refractivity contribution >= 4 is 21.3 Å². The average Bonchev–Trinajstić information content (AvgIpc) is 2.30. The largest absolute Gasteiger partial charge is 0.366 e. The van der Waals surface area contributed by atoms with Gasteiger partial charge < -0.3 is 5.32 Å². The fourth-order valence-electron chi connectivity index (χ4n) is 1.58. The van der Waals surface area contributed by atoms with Gasteiger partial charge in [-0.25, -0.2) is 13.4 Å². The lowest BCUT2D eigenvalue weighted by Gasteiger charge is -2.15. The zero-order chi connectivity index (χ0) is 14.6. The van der Waals surface area contributed by atoms with E-state index in [1.54, 1.807) is 20.8 Å². The van der Waals surface area contributed by atoms with Crippen molar-refractivity contribution in [3.8, 4) is 0 Å². The second-order valence-electron chi connectivity index (χ2n) is 4.36. The summed E-state index contributed by atoms with van der Waals surface area (Å²) in [6, 6.07) is 1.09. The molecule has 0 spiro atoms. The maximum Gasteiger partial charge on any atom is 0.287 e. The van der Waals surface area contributed by atoms with E-state index in [1.165, 1.54) is 6.07 Å². The van der Waals surface area contributed by atoms with E-state index < -0.39 is 14.8 Å². The summed E-state index contributed by atoms with van der Waals surface area (Å²) in [7, 11) is -3.07. The first-order valence-electron chi connectivity index (χ1n) is 5.83. The topological polar surface area (TPSA) is 102 Å². The van der Waals surface area contributed by atoms with Crippen LogP contribution in [0, 0.1) is 17.0 Å². The SMILES string of the molecule is CCS(=O)(=O)C[C@@H](C)Nc1ncc([N+](=O)[O-])cc1C. The van der Waals surface area contributed by atoms with Crippen LogP contribution in [0.1, 0.15) is 19.4 Å². The first-order chi connectivity index (χ1) is 8.75. The van der Waals surface area contributed by atoms with Crippen molar-refractivity contribution in [1.29, 1.82) is 0 Å². The molecule has 0 aliphatic rings. The first kappa shape index (κ1) is 15.4. The van der Waals surface area contributed by atoms with Gasteiger partial charge in [0.25, 0.3) is 5.69 Å². The summed E-state index contributed by atoms with van der Waals surface area (Å²) >= 11 is 0. The Hall–Kier alpha value is -1.70. The lowest BCUT2D eigenvalue weighted by Crippen LogP contribution is -2.27. The van der Waals surface area contributed by atoms with Gasteiger partial charge in [0.15, 0.2) is 9.84 Å². The third-order valence-electron chi connectivity index (χ3n) is 2.60. The number of nitrogens with zero attached hydrogens (tertiary/aromatic N) is 2. The second kappa shape index (κ2) is 5.96. The molecule has 0 aliphatic carbocycles. The van der Waals surface area contributed by atoms with Crippen LogP contribution >= 0.6 is 0 Å². The molecular weight excluding hydrogens is 270 g/mol. The Bertz CT molecular complexity index is 571. The molecule has 0 aliphatic heterocycles. The lowest BCUT2D eigenvalue weighted by molar-refractivity contribution is -0.385. The molecule has 1 atom stereocenters. The van der Waals surface area contributed by atoms with Crippen molar-refractivity contribution in [3.05, 3.63) is 27.9 Å². The molecule has 0 amide bonds. The number of nitrogens with one attached hydrogen (secondary N) is 1. The summed E-state index contributed by atoms with van der Waals surface area (Å²) < 4.78 is 23.0. The van der Waals surface area contributed by atoms with Crippen molar-refractivity contribution in [2.75, 3.05) is 16.8 Å². The zero-order valence-corrected chi connectivity index (χ0v) is 11.9. The van der Waals surface area contributed by atoms with Gasteiger partial charge in [-0.2, -0.15) is 0 Å². The molecule has 106 valence electrons. The number of anilines is 1. The Kier molecular flexibility index (Phi) is 4.82. The maximum absolute atomic E-state index is 11.5. The van der Waals surface area contributed by atoms with Gasteiger partial charge in [0, 0.05) is 17.9 Å². The van der Waals surface area contributed by atoms with Crippen LogP contribution in [0.2, 0.25) is 0 Å². The molecule has 1 aromatic rings. The van der Waals surface area contributed by atoms with Crippen molar-refractivity contribution < 1.29 is 13.3 Å². The van der Waals surface area contributed by atoms with Crippen LogP contribution in [0.5, 0.6) is 0 Å². The standard InChI is InChI=1S/C11H17N3O4S/c1-4-19(17,18)7-9(3)13-11-8(2)5-10(6-12-11)14(15)16/h5-6,9H,4,7H2,1-3H3,(H,12,13)/t9-/m1/s1. The van der Waals surface area contributed by atoms with Gasteiger partial charge in [-0.15, -0.1) is 0 Å². The summed E-state index contributed by atoms with van der Waals surface area (Å²) in [6.45, 7) is 5.01. The predicted octanol–water partition coefficient (Wildman–Crippen LogP) is 1.53. The third-order valence-corrected chi connectivity index (χ3v) is 4.49. The maximum atomic E-state index is 11.5. The monoisotopic (exact) mass is 287 g/mol. The van der Waals surface area contributed by atoms with Gasteiger partial charge in [0.1, 0.15) is 12.0 Å². The average molecular weight is 287 g/mol. The second-order valence-corrected chi connectivity index (χ2v) is 6.76. The first-order valence-corrected chi connectivity index (χ1v) is 7.65. The molecule has 7 nitrogen and oxygen atoms in total. The molecule has 1 heterocycles. The van der Waals surface area contributed by atoms with E-state index >= 15 is 0 Å². The molecule has 0 unspecified atom stereocenters. The van der Waals surface area contributed by atoms with Crippen molar-refractivity contribution in [1.82, 2.24) is 4.98 Å². The minimum Gasteiger partial charge on any atom is -0.366 e. The summed E-state index contributed by atoms with van der Waals surface area (Å²) in [6.07, 6.45) is 1.15. The molecule has 0 saturated carbocycles. The molecule has 0 bridgehead atoms. The Morgan fingerprint density at radius 2 is 2.16 bits per heavy atom. The highest BCUT2D eigenvalue weighted by molar-refractivity contribution is 7.91. The molecule has 0 saturated heterocycles. The number of sulfone groups is 1. The number of hydrogen-bond acceptors (Lipinski definition) is 6. The summed E-state index contributed by atoms with van der Waals surface area (Å²) in [5, 5.41) is 13.5. The van der Waals surface area contributed by atoms with E-state index in [0.717, 1.165) is 6.20 Å². The summed E-state index contributed by atoms with van der Waals surface area (Å²) in [5.74, 6) is 0.553. The van der Waals surface area contributed by atoms with Crippen LogP contribution in [-0.4, -0.2) is 35.9 Å². The van der Waals surface area contributed by atoms with Crippen LogP contribution in [0.15, 0.2) is 12.3 Å². The molecule has 8 heteroatoms. The molecule has 19 heavy (non-hydrogen) atoms. The Morgan fingerprint density at radius 3 is 2.63 bits per heavy atom. The van der Waals surface area contributed by atoms with E-state index in [2.05, 4.69) is 10.3 Å². The fourth-order valence-corrected chi connectivity index (χ4v) is 2.67. The minimum absolute atomic E-state index is 0.00159. The van der Waals surface area contributed by atoms with E-state index in [1.807, 2.05) is 0 Å². The number of aromatic nitrogens is 1. The lowest BCUT2D eigenvalue weighted by atomic mass is 10.2. The van der Waals surface area contributed by atoms with E-state index in [0.29, 0.717) is 11.4 Å². The molecule has 0 fully saturated rings. The van der Waals surface area contributed by atoms with Gasteiger partial charge in [-0.05, 0) is 19.4 Å². The highest BCUT2D eigenvalue weighted by Crippen LogP contribution is 2.18. The van der Waals surface area contributed by atoms with Gasteiger partial charge in [0.2, 0.25) is 0 Å². The van der Waals surface area contributed by atoms with E-state index in [9.17, 15) is 18.5 Å². The normalized spacial score (nSPS) is 13.0. The van der Waals surface area contributed by atoms with Crippen LogP contribution in [0.4, 0.5) is 11.5 Å². The number of aryl methyl sites for hydroxylation is 1. The Labute approximate surface area is 112 Å². The van der Waals surface area contributed by atoms with Gasteiger partial charge >= 0.3 is 0 Å². The summed E-state index contributed by atoms with van der Waals surface area (Å²) in [5.41, 5.74) is 0.520. The number of nitro groups is 1. The highest BCUT2D eigenvalue weighted by atomic mass is 32.2. The van der Waals surface area contributed by atoms with E-state index in [4.69, 9.17) is 0 Å². The van der Waals surface area contributed by atoms with Crippen molar-refractivity contribution in [2.24, 2.45) is 0 Å². The zero-order valence-electron chi connectivity index (χ0n) is 11.1. The quantitative estimate of drug-likeness (QED) is 0.629. The molecule has 0 radical (unpaired) electrons. The van der Waals surface area contributed by atoms with Crippen molar-refractivity contribution in [2.45, 2.75) is 26.8 Å². The Balaban J connectivity index is 2.80. The van der Waals surface area contributed by atoms with Crippen LogP contribution in [0.3, 0.4) is 0 Å².